The Kier molecular flexibility index (Phi) is 5.76. The van der Waals surface area contributed by atoms with Gasteiger partial charge in [0.25, 0.3) is 0 Å². The van der Waals surface area contributed by atoms with E-state index in [0.717, 1.165) is 16.5 Å². The van der Waals surface area contributed by atoms with Crippen LogP contribution in [0.25, 0.3) is 0 Å². The van der Waals surface area contributed by atoms with Gasteiger partial charge in [0.2, 0.25) is 5.75 Å². The van der Waals surface area contributed by atoms with Crippen LogP contribution in [0.5, 0.6) is 17.2 Å². The van der Waals surface area contributed by atoms with Crippen LogP contribution in [0, 0.1) is 0 Å². The quantitative estimate of drug-likeness (QED) is 0.681. The van der Waals surface area contributed by atoms with Gasteiger partial charge in [-0.1, -0.05) is 39.7 Å². The molecule has 0 aromatic heterocycles. The summed E-state index contributed by atoms with van der Waals surface area (Å²) in [6, 6.07) is 11.4. The SMILES string of the molecule is COc1cc(CBr)cc(OC)c1OCc1ccc(Cl)cc1. The molecule has 3 nitrogen and oxygen atoms in total. The summed E-state index contributed by atoms with van der Waals surface area (Å²) in [6.07, 6.45) is 0. The molecule has 0 fully saturated rings. The Bertz CT molecular complexity index is 574. The summed E-state index contributed by atoms with van der Waals surface area (Å²) < 4.78 is 16.6. The Balaban J connectivity index is 2.23. The second-order valence-electron chi connectivity index (χ2n) is 4.38. The molecule has 0 heterocycles. The first-order valence-corrected chi connectivity index (χ1v) is 7.86. The summed E-state index contributed by atoms with van der Waals surface area (Å²) in [7, 11) is 3.23. The topological polar surface area (TPSA) is 27.7 Å². The monoisotopic (exact) mass is 370 g/mol. The molecule has 0 bridgehead atoms. The summed E-state index contributed by atoms with van der Waals surface area (Å²) in [5.41, 5.74) is 2.08. The molecule has 0 amide bonds. The lowest BCUT2D eigenvalue weighted by atomic mass is 10.2. The molecule has 112 valence electrons. The molecule has 0 saturated carbocycles. The van der Waals surface area contributed by atoms with E-state index in [2.05, 4.69) is 15.9 Å². The molecule has 0 saturated heterocycles. The van der Waals surface area contributed by atoms with E-state index in [1.54, 1.807) is 14.2 Å². The van der Waals surface area contributed by atoms with E-state index < -0.39 is 0 Å². The van der Waals surface area contributed by atoms with Gasteiger partial charge in [0.1, 0.15) is 6.61 Å². The lowest BCUT2D eigenvalue weighted by Crippen LogP contribution is -2.01. The second kappa shape index (κ2) is 7.57. The minimum atomic E-state index is 0.414. The maximum Gasteiger partial charge on any atom is 0.203 e. The number of alkyl halides is 1. The van der Waals surface area contributed by atoms with Crippen molar-refractivity contribution in [3.63, 3.8) is 0 Å². The van der Waals surface area contributed by atoms with Gasteiger partial charge in [0.05, 0.1) is 14.2 Å². The Hall–Kier alpha value is -1.39. The van der Waals surface area contributed by atoms with Crippen LogP contribution in [0.4, 0.5) is 0 Å². The Morgan fingerprint density at radius 3 is 2.00 bits per heavy atom. The van der Waals surface area contributed by atoms with Crippen molar-refractivity contribution in [2.24, 2.45) is 0 Å². The van der Waals surface area contributed by atoms with E-state index in [9.17, 15) is 0 Å². The van der Waals surface area contributed by atoms with Crippen molar-refractivity contribution >= 4 is 27.5 Å². The molecule has 0 N–H and O–H groups in total. The Morgan fingerprint density at radius 1 is 0.952 bits per heavy atom. The first kappa shape index (κ1) is 16.0. The van der Waals surface area contributed by atoms with Crippen LogP contribution in [0.2, 0.25) is 5.02 Å². The van der Waals surface area contributed by atoms with Gasteiger partial charge in [-0.25, -0.2) is 0 Å². The molecule has 0 aliphatic heterocycles. The molecule has 0 atom stereocenters. The Labute approximate surface area is 137 Å². The van der Waals surface area contributed by atoms with Crippen molar-refractivity contribution < 1.29 is 14.2 Å². The molecule has 2 aromatic rings. The van der Waals surface area contributed by atoms with Crippen molar-refractivity contribution in [1.82, 2.24) is 0 Å². The molecule has 5 heteroatoms. The van der Waals surface area contributed by atoms with Crippen molar-refractivity contribution in [1.29, 1.82) is 0 Å². The first-order chi connectivity index (χ1) is 10.2. The predicted molar refractivity (Wildman–Crippen MR) is 88.0 cm³/mol. The van der Waals surface area contributed by atoms with Crippen LogP contribution in [0.3, 0.4) is 0 Å². The average Bonchev–Trinajstić information content (AvgIpc) is 2.53. The van der Waals surface area contributed by atoms with Crippen molar-refractivity contribution in [2.45, 2.75) is 11.9 Å². The third-order valence-electron chi connectivity index (χ3n) is 2.97. The molecule has 21 heavy (non-hydrogen) atoms. The molecule has 2 rings (SSSR count). The second-order valence-corrected chi connectivity index (χ2v) is 5.38. The standard InChI is InChI=1S/C16H16BrClO3/c1-19-14-7-12(9-17)8-15(20-2)16(14)21-10-11-3-5-13(18)6-4-11/h3-8H,9-10H2,1-2H3. The number of hydrogen-bond donors (Lipinski definition) is 0. The van der Waals surface area contributed by atoms with Gasteiger partial charge in [-0.3, -0.25) is 0 Å². The highest BCUT2D eigenvalue weighted by molar-refractivity contribution is 9.08. The zero-order chi connectivity index (χ0) is 15.2. The number of benzene rings is 2. The van der Waals surface area contributed by atoms with Gasteiger partial charge in [0.15, 0.2) is 11.5 Å². The third kappa shape index (κ3) is 4.05. The number of rotatable bonds is 6. The van der Waals surface area contributed by atoms with Crippen LogP contribution in [0.15, 0.2) is 36.4 Å². The van der Waals surface area contributed by atoms with E-state index >= 15 is 0 Å². The van der Waals surface area contributed by atoms with E-state index in [-0.39, 0.29) is 0 Å². The molecule has 0 aliphatic rings. The van der Waals surface area contributed by atoms with Crippen molar-refractivity contribution in [3.8, 4) is 17.2 Å². The molecular formula is C16H16BrClO3. The number of halogens is 2. The van der Waals surface area contributed by atoms with Gasteiger partial charge in [-0.05, 0) is 35.4 Å². The normalized spacial score (nSPS) is 10.3. The summed E-state index contributed by atoms with van der Waals surface area (Å²) in [5, 5.41) is 1.42. The van der Waals surface area contributed by atoms with Gasteiger partial charge >= 0.3 is 0 Å². The number of methoxy groups -OCH3 is 2. The minimum Gasteiger partial charge on any atom is -0.493 e. The summed E-state index contributed by atoms with van der Waals surface area (Å²) in [6.45, 7) is 0.414. The van der Waals surface area contributed by atoms with Crippen LogP contribution < -0.4 is 14.2 Å². The molecular weight excluding hydrogens is 356 g/mol. The predicted octanol–water partition coefficient (Wildman–Crippen LogP) is 4.83. The minimum absolute atomic E-state index is 0.414. The Morgan fingerprint density at radius 2 is 1.52 bits per heavy atom. The van der Waals surface area contributed by atoms with Crippen LogP contribution in [0.1, 0.15) is 11.1 Å². The van der Waals surface area contributed by atoms with Crippen LogP contribution in [-0.2, 0) is 11.9 Å². The zero-order valence-corrected chi connectivity index (χ0v) is 14.2. The lowest BCUT2D eigenvalue weighted by molar-refractivity contribution is 0.265. The lowest BCUT2D eigenvalue weighted by Gasteiger charge is -2.15. The highest BCUT2D eigenvalue weighted by Crippen LogP contribution is 2.39. The summed E-state index contributed by atoms with van der Waals surface area (Å²) in [5.74, 6) is 1.90. The van der Waals surface area contributed by atoms with Crippen molar-refractivity contribution in [2.75, 3.05) is 14.2 Å². The number of ether oxygens (including phenoxy) is 3. The van der Waals surface area contributed by atoms with Gasteiger partial charge in [0, 0.05) is 10.4 Å². The molecule has 0 radical (unpaired) electrons. The van der Waals surface area contributed by atoms with E-state index in [0.29, 0.717) is 28.9 Å². The number of hydrogen-bond acceptors (Lipinski definition) is 3. The zero-order valence-electron chi connectivity index (χ0n) is 11.9. The molecule has 0 aliphatic carbocycles. The highest BCUT2D eigenvalue weighted by atomic mass is 79.9. The first-order valence-electron chi connectivity index (χ1n) is 6.36. The highest BCUT2D eigenvalue weighted by Gasteiger charge is 2.14. The fourth-order valence-corrected chi connectivity index (χ4v) is 2.34. The van der Waals surface area contributed by atoms with E-state index in [1.165, 1.54) is 0 Å². The fourth-order valence-electron chi connectivity index (χ4n) is 1.89. The molecule has 0 unspecified atom stereocenters. The fraction of sp³-hybridized carbons (Fsp3) is 0.250. The maximum absolute atomic E-state index is 5.87. The largest absolute Gasteiger partial charge is 0.493 e. The van der Waals surface area contributed by atoms with Gasteiger partial charge in [-0.2, -0.15) is 0 Å². The van der Waals surface area contributed by atoms with Crippen LogP contribution in [-0.4, -0.2) is 14.2 Å². The average molecular weight is 372 g/mol. The third-order valence-corrected chi connectivity index (χ3v) is 3.87. The summed E-state index contributed by atoms with van der Waals surface area (Å²) in [4.78, 5) is 0. The molecule has 0 spiro atoms. The smallest absolute Gasteiger partial charge is 0.203 e. The van der Waals surface area contributed by atoms with Gasteiger partial charge < -0.3 is 14.2 Å². The van der Waals surface area contributed by atoms with E-state index in [1.807, 2.05) is 36.4 Å². The molecule has 2 aromatic carbocycles. The maximum atomic E-state index is 5.87. The summed E-state index contributed by atoms with van der Waals surface area (Å²) >= 11 is 9.30. The van der Waals surface area contributed by atoms with Crippen LogP contribution >= 0.6 is 27.5 Å². The van der Waals surface area contributed by atoms with Crippen molar-refractivity contribution in [3.05, 3.63) is 52.5 Å². The van der Waals surface area contributed by atoms with E-state index in [4.69, 9.17) is 25.8 Å². The van der Waals surface area contributed by atoms with Gasteiger partial charge in [-0.15, -0.1) is 0 Å².